The number of carbonyl (C=O) groups is 1. The van der Waals surface area contributed by atoms with Crippen molar-refractivity contribution in [3.05, 3.63) is 50.9 Å². The van der Waals surface area contributed by atoms with Gasteiger partial charge in [-0.3, -0.25) is 4.79 Å². The molecule has 5 nitrogen and oxygen atoms in total. The van der Waals surface area contributed by atoms with Crippen molar-refractivity contribution < 1.29 is 18.0 Å². The smallest absolute Gasteiger partial charge is 0.328 e. The van der Waals surface area contributed by atoms with Crippen LogP contribution < -0.4 is 5.32 Å². The van der Waals surface area contributed by atoms with Crippen molar-refractivity contribution in [2.45, 2.75) is 32.0 Å². The normalized spacial score (nSPS) is 22.4. The fourth-order valence-electron chi connectivity index (χ4n) is 3.52. The van der Waals surface area contributed by atoms with E-state index in [0.29, 0.717) is 34.7 Å². The summed E-state index contributed by atoms with van der Waals surface area (Å²) in [6.45, 7) is 1.91. The second kappa shape index (κ2) is 6.24. The lowest BCUT2D eigenvalue weighted by Gasteiger charge is -2.34. The third-order valence-corrected chi connectivity index (χ3v) is 5.38. The lowest BCUT2D eigenvalue weighted by Crippen LogP contribution is -2.33. The first-order valence-electron chi connectivity index (χ1n) is 8.17. The first kappa shape index (κ1) is 18.3. The van der Waals surface area contributed by atoms with Crippen LogP contribution in [0.4, 0.5) is 19.1 Å². The van der Waals surface area contributed by atoms with Crippen LogP contribution in [0, 0.1) is 5.92 Å². The number of halogens is 5. The highest BCUT2D eigenvalue weighted by Gasteiger charge is 2.43. The number of Topliss-reactive ketones (excluding diaryl/α,β-unsaturated/α-hetero) is 1. The monoisotopic (exact) mass is 416 g/mol. The van der Waals surface area contributed by atoms with Crippen LogP contribution in [0.3, 0.4) is 0 Å². The van der Waals surface area contributed by atoms with E-state index in [0.717, 1.165) is 4.68 Å². The van der Waals surface area contributed by atoms with E-state index >= 15 is 0 Å². The Kier molecular flexibility index (Phi) is 4.23. The predicted octanol–water partition coefficient (Wildman–Crippen LogP) is 4.87. The van der Waals surface area contributed by atoms with Gasteiger partial charge in [-0.1, -0.05) is 36.2 Å². The number of benzene rings is 1. The minimum Gasteiger partial charge on any atom is -0.328 e. The Morgan fingerprint density at radius 3 is 2.63 bits per heavy atom. The van der Waals surface area contributed by atoms with Gasteiger partial charge in [0.05, 0.1) is 10.0 Å². The minimum absolute atomic E-state index is 0.0564. The summed E-state index contributed by atoms with van der Waals surface area (Å²) < 4.78 is 40.5. The van der Waals surface area contributed by atoms with Gasteiger partial charge in [0.2, 0.25) is 5.95 Å². The van der Waals surface area contributed by atoms with Crippen molar-refractivity contribution in [1.82, 2.24) is 14.8 Å². The van der Waals surface area contributed by atoms with Crippen molar-refractivity contribution >= 4 is 34.9 Å². The molecule has 0 unspecified atom stereocenters. The number of nitrogens with one attached hydrogen (secondary N) is 1. The molecule has 0 radical (unpaired) electrons. The molecule has 142 valence electrons. The third-order valence-electron chi connectivity index (χ3n) is 4.64. The summed E-state index contributed by atoms with van der Waals surface area (Å²) in [6, 6.07) is 3.85. The third kappa shape index (κ3) is 3.10. The summed E-state index contributed by atoms with van der Waals surface area (Å²) in [4.78, 5) is 16.3. The fourth-order valence-corrected chi connectivity index (χ4v) is 3.82. The summed E-state index contributed by atoms with van der Waals surface area (Å²) in [5, 5.41) is 7.05. The maximum absolute atomic E-state index is 13.1. The van der Waals surface area contributed by atoms with Crippen LogP contribution in [0.25, 0.3) is 0 Å². The first-order chi connectivity index (χ1) is 12.6. The highest BCUT2D eigenvalue weighted by Crippen LogP contribution is 2.43. The molecule has 10 heteroatoms. The molecule has 1 aromatic carbocycles. The SMILES string of the molecule is C[C@@H]1CC(=O)C2=C(C1)Nc1nc(C(F)(F)F)nn1[C@@H]2c1ccc(Cl)c(Cl)c1. The van der Waals surface area contributed by atoms with E-state index in [1.165, 1.54) is 6.07 Å². The number of fused-ring (bicyclic) bond motifs is 1. The number of carbonyl (C=O) groups excluding carboxylic acids is 1. The fraction of sp³-hybridized carbons (Fsp3) is 0.353. The molecule has 0 bridgehead atoms. The molecule has 0 amide bonds. The van der Waals surface area contributed by atoms with Crippen LogP contribution in [0.15, 0.2) is 29.5 Å². The zero-order valence-corrected chi connectivity index (χ0v) is 15.5. The van der Waals surface area contributed by atoms with Crippen LogP contribution in [0.1, 0.15) is 37.2 Å². The van der Waals surface area contributed by atoms with Gasteiger partial charge in [0.15, 0.2) is 5.78 Å². The highest BCUT2D eigenvalue weighted by molar-refractivity contribution is 6.42. The van der Waals surface area contributed by atoms with E-state index in [1.54, 1.807) is 12.1 Å². The number of nitrogens with zero attached hydrogens (tertiary/aromatic N) is 3. The first-order valence-corrected chi connectivity index (χ1v) is 8.92. The molecule has 0 saturated heterocycles. The number of ketones is 1. The number of rotatable bonds is 1. The molecule has 27 heavy (non-hydrogen) atoms. The maximum Gasteiger partial charge on any atom is 0.453 e. The topological polar surface area (TPSA) is 59.8 Å². The molecule has 2 aromatic rings. The summed E-state index contributed by atoms with van der Waals surface area (Å²) in [6.07, 6.45) is -3.85. The van der Waals surface area contributed by atoms with Crippen molar-refractivity contribution in [2.24, 2.45) is 5.92 Å². The molecule has 1 aliphatic carbocycles. The molecule has 2 aliphatic rings. The van der Waals surface area contributed by atoms with Crippen LogP contribution in [-0.4, -0.2) is 20.5 Å². The highest BCUT2D eigenvalue weighted by atomic mass is 35.5. The van der Waals surface area contributed by atoms with Gasteiger partial charge in [-0.15, -0.1) is 5.10 Å². The number of anilines is 1. The van der Waals surface area contributed by atoms with E-state index in [4.69, 9.17) is 23.2 Å². The van der Waals surface area contributed by atoms with Gasteiger partial charge in [0.25, 0.3) is 5.82 Å². The molecular formula is C17H13Cl2F3N4O. The van der Waals surface area contributed by atoms with Gasteiger partial charge in [0, 0.05) is 17.7 Å². The average molecular weight is 417 g/mol. The Bertz CT molecular complexity index is 983. The standard InChI is InChI=1S/C17H13Cl2F3N4O/c1-7-4-11-13(12(27)5-7)14(8-2-3-9(18)10(19)6-8)26-16(23-11)24-15(25-26)17(20,21)22/h2-3,6-7,14H,4-5H2,1H3,(H,23,24,25)/t7-,14+/m0/s1. The van der Waals surface area contributed by atoms with Crippen molar-refractivity contribution in [3.8, 4) is 0 Å². The number of hydrogen-bond donors (Lipinski definition) is 1. The summed E-state index contributed by atoms with van der Waals surface area (Å²) >= 11 is 12.1. The summed E-state index contributed by atoms with van der Waals surface area (Å²) in [5.41, 5.74) is 1.47. The van der Waals surface area contributed by atoms with Crippen LogP contribution >= 0.6 is 23.2 Å². The van der Waals surface area contributed by atoms with E-state index in [-0.39, 0.29) is 22.7 Å². The lowest BCUT2D eigenvalue weighted by atomic mass is 9.81. The van der Waals surface area contributed by atoms with Crippen molar-refractivity contribution in [1.29, 1.82) is 0 Å². The Balaban J connectivity index is 1.92. The molecule has 1 aromatic heterocycles. The molecule has 2 heterocycles. The van der Waals surface area contributed by atoms with Crippen LogP contribution in [0.5, 0.6) is 0 Å². The average Bonchev–Trinajstić information content (AvgIpc) is 2.99. The number of aromatic nitrogens is 3. The number of allylic oxidation sites excluding steroid dienone is 2. The summed E-state index contributed by atoms with van der Waals surface area (Å²) in [5.74, 6) is -1.38. The van der Waals surface area contributed by atoms with Gasteiger partial charge in [-0.25, -0.2) is 4.68 Å². The number of hydrogen-bond acceptors (Lipinski definition) is 4. The van der Waals surface area contributed by atoms with Gasteiger partial charge in [0.1, 0.15) is 6.04 Å². The second-order valence-electron chi connectivity index (χ2n) is 6.73. The zero-order chi connectivity index (χ0) is 19.5. The van der Waals surface area contributed by atoms with E-state index in [2.05, 4.69) is 15.4 Å². The lowest BCUT2D eigenvalue weighted by molar-refractivity contribution is -0.145. The number of alkyl halides is 3. The predicted molar refractivity (Wildman–Crippen MR) is 93.7 cm³/mol. The molecular weight excluding hydrogens is 404 g/mol. The van der Waals surface area contributed by atoms with Gasteiger partial charge in [-0.2, -0.15) is 18.2 Å². The maximum atomic E-state index is 13.1. The Hall–Kier alpha value is -2.06. The molecule has 1 N–H and O–H groups in total. The van der Waals surface area contributed by atoms with E-state index in [1.807, 2.05) is 6.92 Å². The largest absolute Gasteiger partial charge is 0.453 e. The summed E-state index contributed by atoms with van der Waals surface area (Å²) in [7, 11) is 0. The Labute approximate surface area is 162 Å². The van der Waals surface area contributed by atoms with Gasteiger partial charge in [-0.05, 0) is 30.0 Å². The second-order valence-corrected chi connectivity index (χ2v) is 7.55. The van der Waals surface area contributed by atoms with Gasteiger partial charge < -0.3 is 5.32 Å². The molecule has 0 saturated carbocycles. The Morgan fingerprint density at radius 2 is 1.96 bits per heavy atom. The van der Waals surface area contributed by atoms with Gasteiger partial charge >= 0.3 is 6.18 Å². The minimum atomic E-state index is -4.70. The molecule has 0 spiro atoms. The van der Waals surface area contributed by atoms with E-state index in [9.17, 15) is 18.0 Å². The quantitative estimate of drug-likeness (QED) is 0.719. The van der Waals surface area contributed by atoms with Crippen molar-refractivity contribution in [2.75, 3.05) is 5.32 Å². The Morgan fingerprint density at radius 1 is 1.22 bits per heavy atom. The van der Waals surface area contributed by atoms with Crippen LogP contribution in [0.2, 0.25) is 10.0 Å². The molecule has 0 fully saturated rings. The van der Waals surface area contributed by atoms with Crippen molar-refractivity contribution in [3.63, 3.8) is 0 Å². The zero-order valence-electron chi connectivity index (χ0n) is 13.9. The van der Waals surface area contributed by atoms with Crippen LogP contribution in [-0.2, 0) is 11.0 Å². The molecule has 4 rings (SSSR count). The molecule has 2 atom stereocenters. The molecule has 1 aliphatic heterocycles. The van der Waals surface area contributed by atoms with E-state index < -0.39 is 18.0 Å².